The fraction of sp³-hybridized carbons (Fsp3) is 0.929. The van der Waals surface area contributed by atoms with Crippen LogP contribution in [0.25, 0.3) is 0 Å². The molecule has 98 valence electrons. The maximum Gasteiger partial charge on any atom is 0.241 e. The predicted octanol–water partition coefficient (Wildman–Crippen LogP) is 4.32. The summed E-state index contributed by atoms with van der Waals surface area (Å²) in [6.45, 7) is 3.62. The minimum Gasteiger partial charge on any atom is -0.298 e. The lowest BCUT2D eigenvalue weighted by molar-refractivity contribution is 0.0355. The Bertz CT molecular complexity index is 239. The average Bonchev–Trinajstić information content (AvgIpc) is 2.39. The van der Waals surface area contributed by atoms with E-state index in [1.54, 1.807) is 0 Å². The van der Waals surface area contributed by atoms with Crippen molar-refractivity contribution < 1.29 is 8.78 Å². The Kier molecular flexibility index (Phi) is 4.52. The van der Waals surface area contributed by atoms with E-state index >= 15 is 0 Å². The highest BCUT2D eigenvalue weighted by Crippen LogP contribution is 2.41. The molecule has 3 heteroatoms. The monoisotopic (exact) mass is 243 g/mol. The van der Waals surface area contributed by atoms with E-state index in [2.05, 4.69) is 11.7 Å². The van der Waals surface area contributed by atoms with Gasteiger partial charge in [0.1, 0.15) is 0 Å². The van der Waals surface area contributed by atoms with Gasteiger partial charge in [-0.3, -0.25) is 4.99 Å². The zero-order chi connectivity index (χ0) is 12.3. The first-order valence-corrected chi connectivity index (χ1v) is 6.94. The molecule has 2 aliphatic rings. The van der Waals surface area contributed by atoms with Gasteiger partial charge in [-0.25, -0.2) is 8.78 Å². The summed E-state index contributed by atoms with van der Waals surface area (Å²) < 4.78 is 25.1. The fourth-order valence-electron chi connectivity index (χ4n) is 3.62. The Morgan fingerprint density at radius 2 is 1.29 bits per heavy atom. The van der Waals surface area contributed by atoms with Gasteiger partial charge in [0.15, 0.2) is 0 Å². The topological polar surface area (TPSA) is 12.4 Å². The quantitative estimate of drug-likeness (QED) is 0.655. The number of hydrogen-bond donors (Lipinski definition) is 0. The van der Waals surface area contributed by atoms with Crippen LogP contribution in [0.5, 0.6) is 0 Å². The summed E-state index contributed by atoms with van der Waals surface area (Å²) >= 11 is 0. The molecule has 2 rings (SSSR count). The summed E-state index contributed by atoms with van der Waals surface area (Å²) in [5.74, 6) is 1.15. The molecule has 0 heterocycles. The molecule has 0 atom stereocenters. The number of rotatable bonds is 3. The molecule has 2 fully saturated rings. The van der Waals surface area contributed by atoms with Crippen molar-refractivity contribution in [2.75, 3.05) is 0 Å². The zero-order valence-corrected chi connectivity index (χ0v) is 10.5. The normalized spacial score (nSPS) is 39.2. The van der Waals surface area contributed by atoms with Crippen LogP contribution in [0.3, 0.4) is 0 Å². The van der Waals surface area contributed by atoms with E-state index in [-0.39, 0.29) is 5.92 Å². The molecule has 2 saturated carbocycles. The van der Waals surface area contributed by atoms with Gasteiger partial charge in [-0.2, -0.15) is 0 Å². The van der Waals surface area contributed by atoms with Gasteiger partial charge in [-0.05, 0) is 69.9 Å². The molecule has 0 aromatic carbocycles. The van der Waals surface area contributed by atoms with Crippen LogP contribution in [-0.4, -0.2) is 19.2 Å². The molecule has 0 saturated heterocycles. The lowest BCUT2D eigenvalue weighted by Gasteiger charge is -2.36. The van der Waals surface area contributed by atoms with Crippen molar-refractivity contribution >= 4 is 6.72 Å². The number of halogens is 2. The van der Waals surface area contributed by atoms with E-state index in [4.69, 9.17) is 0 Å². The number of nitrogens with zero attached hydrogens (tertiary/aromatic N) is 1. The standard InChI is InChI=1S/C14H23F2N/c1-17-13-8-6-11(7-9-13)10-2-4-12(5-3-10)14(15)16/h10-14H,1-9H2. The number of alkyl halides is 2. The third kappa shape index (κ3) is 3.26. The first-order valence-electron chi connectivity index (χ1n) is 6.94. The van der Waals surface area contributed by atoms with E-state index in [9.17, 15) is 8.78 Å². The molecular weight excluding hydrogens is 220 g/mol. The van der Waals surface area contributed by atoms with E-state index < -0.39 is 6.43 Å². The smallest absolute Gasteiger partial charge is 0.241 e. The summed E-state index contributed by atoms with van der Waals surface area (Å²) in [4.78, 5) is 4.11. The van der Waals surface area contributed by atoms with Crippen molar-refractivity contribution in [3.63, 3.8) is 0 Å². The highest BCUT2D eigenvalue weighted by Gasteiger charge is 2.33. The van der Waals surface area contributed by atoms with Crippen LogP contribution in [0.2, 0.25) is 0 Å². The van der Waals surface area contributed by atoms with Gasteiger partial charge < -0.3 is 0 Å². The summed E-state index contributed by atoms with van der Waals surface area (Å²) in [5.41, 5.74) is 0. The largest absolute Gasteiger partial charge is 0.298 e. The molecule has 0 aliphatic heterocycles. The molecule has 1 nitrogen and oxygen atoms in total. The zero-order valence-electron chi connectivity index (χ0n) is 10.5. The average molecular weight is 243 g/mol. The molecule has 2 aliphatic carbocycles. The molecular formula is C14H23F2N. The van der Waals surface area contributed by atoms with Crippen LogP contribution < -0.4 is 0 Å². The Morgan fingerprint density at radius 1 is 0.824 bits per heavy atom. The van der Waals surface area contributed by atoms with Gasteiger partial charge in [-0.1, -0.05) is 0 Å². The first-order chi connectivity index (χ1) is 8.20. The molecule has 0 amide bonds. The lowest BCUT2D eigenvalue weighted by Crippen LogP contribution is -2.28. The van der Waals surface area contributed by atoms with Gasteiger partial charge in [0.25, 0.3) is 0 Å². The molecule has 0 aromatic heterocycles. The highest BCUT2D eigenvalue weighted by molar-refractivity contribution is 5.24. The number of hydrogen-bond acceptors (Lipinski definition) is 1. The van der Waals surface area contributed by atoms with Crippen molar-refractivity contribution in [2.24, 2.45) is 22.7 Å². The Hall–Kier alpha value is -0.470. The first kappa shape index (κ1) is 13.0. The molecule has 0 bridgehead atoms. The molecule has 0 unspecified atom stereocenters. The van der Waals surface area contributed by atoms with Gasteiger partial charge in [0.05, 0.1) is 0 Å². The summed E-state index contributed by atoms with van der Waals surface area (Å²) in [6, 6.07) is 0.462. The minimum absolute atomic E-state index is 0.322. The molecule has 0 aromatic rings. The molecule has 0 spiro atoms. The summed E-state index contributed by atoms with van der Waals surface area (Å²) in [5, 5.41) is 0. The fourth-order valence-corrected chi connectivity index (χ4v) is 3.62. The Morgan fingerprint density at radius 3 is 1.71 bits per heavy atom. The molecule has 17 heavy (non-hydrogen) atoms. The van der Waals surface area contributed by atoms with Crippen molar-refractivity contribution in [3.8, 4) is 0 Å². The predicted molar refractivity (Wildman–Crippen MR) is 66.7 cm³/mol. The number of aliphatic imine (C=N–C) groups is 1. The van der Waals surface area contributed by atoms with Crippen molar-refractivity contribution in [3.05, 3.63) is 0 Å². The molecule has 0 N–H and O–H groups in total. The van der Waals surface area contributed by atoms with Crippen LogP contribution in [0.4, 0.5) is 8.78 Å². The molecule has 0 radical (unpaired) electrons. The third-order valence-electron chi connectivity index (χ3n) is 4.84. The third-order valence-corrected chi connectivity index (χ3v) is 4.84. The van der Waals surface area contributed by atoms with Gasteiger partial charge >= 0.3 is 0 Å². The second kappa shape index (κ2) is 5.92. The van der Waals surface area contributed by atoms with Gasteiger partial charge in [0, 0.05) is 12.0 Å². The van der Waals surface area contributed by atoms with E-state index in [0.29, 0.717) is 12.0 Å². The van der Waals surface area contributed by atoms with Crippen molar-refractivity contribution in [1.82, 2.24) is 0 Å². The van der Waals surface area contributed by atoms with Crippen molar-refractivity contribution in [1.29, 1.82) is 0 Å². The van der Waals surface area contributed by atoms with Crippen LogP contribution in [0.1, 0.15) is 51.4 Å². The van der Waals surface area contributed by atoms with E-state index in [1.807, 2.05) is 0 Å². The Labute approximate surface area is 103 Å². The van der Waals surface area contributed by atoms with Crippen LogP contribution in [0, 0.1) is 17.8 Å². The van der Waals surface area contributed by atoms with Crippen LogP contribution in [0.15, 0.2) is 4.99 Å². The lowest BCUT2D eigenvalue weighted by atomic mass is 9.70. The van der Waals surface area contributed by atoms with E-state index in [0.717, 1.165) is 44.4 Å². The van der Waals surface area contributed by atoms with Crippen LogP contribution in [-0.2, 0) is 0 Å². The summed E-state index contributed by atoms with van der Waals surface area (Å²) in [6.07, 6.45) is 6.19. The van der Waals surface area contributed by atoms with Crippen molar-refractivity contribution in [2.45, 2.75) is 63.8 Å². The second-order valence-corrected chi connectivity index (χ2v) is 5.76. The van der Waals surface area contributed by atoms with Crippen LogP contribution >= 0.6 is 0 Å². The Balaban J connectivity index is 1.76. The second-order valence-electron chi connectivity index (χ2n) is 5.76. The van der Waals surface area contributed by atoms with Gasteiger partial charge in [-0.15, -0.1) is 0 Å². The SMILES string of the molecule is C=NC1CCC(C2CCC(C(F)F)CC2)CC1. The van der Waals surface area contributed by atoms with Gasteiger partial charge in [0.2, 0.25) is 6.43 Å². The maximum absolute atomic E-state index is 12.6. The minimum atomic E-state index is -2.10. The maximum atomic E-state index is 12.6. The highest BCUT2D eigenvalue weighted by atomic mass is 19.3. The summed E-state index contributed by atoms with van der Waals surface area (Å²) in [7, 11) is 0. The van der Waals surface area contributed by atoms with E-state index in [1.165, 1.54) is 12.8 Å².